The molecule has 0 aliphatic rings. The van der Waals surface area contributed by atoms with Gasteiger partial charge in [-0.25, -0.2) is 4.39 Å². The van der Waals surface area contributed by atoms with Crippen LogP contribution in [0, 0.1) is 17.7 Å². The minimum atomic E-state index is -0.417. The monoisotopic (exact) mass is 284 g/mol. The summed E-state index contributed by atoms with van der Waals surface area (Å²) in [6, 6.07) is 7.51. The number of rotatable bonds is 3. The van der Waals surface area contributed by atoms with Crippen molar-refractivity contribution in [1.29, 1.82) is 0 Å². The van der Waals surface area contributed by atoms with Crippen LogP contribution in [0.3, 0.4) is 0 Å². The molecule has 106 valence electrons. The zero-order chi connectivity index (χ0) is 15.1. The number of aromatic nitrogens is 1. The molecule has 1 aromatic carbocycles. The first kappa shape index (κ1) is 14.7. The van der Waals surface area contributed by atoms with E-state index in [-0.39, 0.29) is 19.1 Å². The van der Waals surface area contributed by atoms with Crippen molar-refractivity contribution in [2.24, 2.45) is 0 Å². The second-order valence-corrected chi connectivity index (χ2v) is 4.18. The first-order valence-corrected chi connectivity index (χ1v) is 6.27. The molecule has 0 radical (unpaired) electrons. The van der Waals surface area contributed by atoms with E-state index in [1.807, 2.05) is 0 Å². The molecule has 2 aromatic rings. The number of pyridine rings is 1. The van der Waals surface area contributed by atoms with E-state index in [0.29, 0.717) is 16.7 Å². The SMILES string of the molecule is O=C(NCc1cc(C#CCO)ccc1F)c1ccncc1. The fourth-order valence-corrected chi connectivity index (χ4v) is 1.71. The van der Waals surface area contributed by atoms with Crippen LogP contribution in [0.5, 0.6) is 0 Å². The summed E-state index contributed by atoms with van der Waals surface area (Å²) in [4.78, 5) is 15.7. The van der Waals surface area contributed by atoms with E-state index in [2.05, 4.69) is 22.1 Å². The van der Waals surface area contributed by atoms with Crippen LogP contribution in [0.2, 0.25) is 0 Å². The summed E-state index contributed by atoms with van der Waals surface area (Å²) >= 11 is 0. The van der Waals surface area contributed by atoms with Crippen LogP contribution in [0.25, 0.3) is 0 Å². The molecule has 5 heteroatoms. The van der Waals surface area contributed by atoms with Crippen molar-refractivity contribution in [2.75, 3.05) is 6.61 Å². The Hall–Kier alpha value is -2.71. The Morgan fingerprint density at radius 1 is 1.29 bits per heavy atom. The Bertz CT molecular complexity index is 690. The van der Waals surface area contributed by atoms with E-state index in [1.165, 1.54) is 24.5 Å². The van der Waals surface area contributed by atoms with Gasteiger partial charge in [0.15, 0.2) is 0 Å². The lowest BCUT2D eigenvalue weighted by Gasteiger charge is -2.07. The third-order valence-electron chi connectivity index (χ3n) is 2.74. The zero-order valence-electron chi connectivity index (χ0n) is 11.1. The average Bonchev–Trinajstić information content (AvgIpc) is 2.53. The van der Waals surface area contributed by atoms with Crippen LogP contribution in [0.1, 0.15) is 21.5 Å². The number of benzene rings is 1. The maximum atomic E-state index is 13.7. The van der Waals surface area contributed by atoms with E-state index in [1.54, 1.807) is 18.2 Å². The van der Waals surface area contributed by atoms with Crippen LogP contribution in [-0.2, 0) is 6.54 Å². The molecule has 2 N–H and O–H groups in total. The van der Waals surface area contributed by atoms with E-state index in [4.69, 9.17) is 5.11 Å². The number of halogens is 1. The molecule has 0 bridgehead atoms. The largest absolute Gasteiger partial charge is 0.384 e. The van der Waals surface area contributed by atoms with Gasteiger partial charge in [-0.05, 0) is 30.3 Å². The van der Waals surface area contributed by atoms with Gasteiger partial charge in [0.25, 0.3) is 5.91 Å². The number of aliphatic hydroxyl groups is 1. The molecule has 21 heavy (non-hydrogen) atoms. The Kier molecular flexibility index (Phi) is 5.02. The third-order valence-corrected chi connectivity index (χ3v) is 2.74. The number of hydrogen-bond acceptors (Lipinski definition) is 3. The summed E-state index contributed by atoms with van der Waals surface area (Å²) in [5, 5.41) is 11.3. The second-order valence-electron chi connectivity index (χ2n) is 4.18. The maximum absolute atomic E-state index is 13.7. The Labute approximate surface area is 121 Å². The van der Waals surface area contributed by atoms with Gasteiger partial charge in [0.05, 0.1) is 0 Å². The van der Waals surface area contributed by atoms with Gasteiger partial charge >= 0.3 is 0 Å². The summed E-state index contributed by atoms with van der Waals surface area (Å²) in [7, 11) is 0. The quantitative estimate of drug-likeness (QED) is 0.840. The molecule has 0 unspecified atom stereocenters. The first-order chi connectivity index (χ1) is 10.2. The molecule has 2 rings (SSSR count). The predicted octanol–water partition coefficient (Wildman–Crippen LogP) is 1.49. The van der Waals surface area contributed by atoms with Crippen molar-refractivity contribution in [2.45, 2.75) is 6.54 Å². The van der Waals surface area contributed by atoms with Gasteiger partial charge in [0, 0.05) is 35.6 Å². The van der Waals surface area contributed by atoms with Crippen molar-refractivity contribution in [3.63, 3.8) is 0 Å². The summed E-state index contributed by atoms with van der Waals surface area (Å²) in [6.45, 7) is -0.201. The molecule has 0 atom stereocenters. The van der Waals surface area contributed by atoms with Crippen molar-refractivity contribution in [3.05, 3.63) is 65.2 Å². The van der Waals surface area contributed by atoms with Crippen LogP contribution < -0.4 is 5.32 Å². The number of nitrogens with zero attached hydrogens (tertiary/aromatic N) is 1. The lowest BCUT2D eigenvalue weighted by molar-refractivity contribution is 0.0950. The minimum Gasteiger partial charge on any atom is -0.384 e. The highest BCUT2D eigenvalue weighted by atomic mass is 19.1. The lowest BCUT2D eigenvalue weighted by Crippen LogP contribution is -2.23. The Morgan fingerprint density at radius 2 is 2.05 bits per heavy atom. The fraction of sp³-hybridized carbons (Fsp3) is 0.125. The number of hydrogen-bond donors (Lipinski definition) is 2. The van der Waals surface area contributed by atoms with E-state index >= 15 is 0 Å². The van der Waals surface area contributed by atoms with E-state index in [9.17, 15) is 9.18 Å². The minimum absolute atomic E-state index is 0.0572. The summed E-state index contributed by atoms with van der Waals surface area (Å²) < 4.78 is 13.7. The molecular formula is C16H13FN2O2. The number of carbonyl (C=O) groups excluding carboxylic acids is 1. The standard InChI is InChI=1S/C16H13FN2O2/c17-15-4-3-12(2-1-9-20)10-14(15)11-19-16(21)13-5-7-18-8-6-13/h3-8,10,20H,9,11H2,(H,19,21). The van der Waals surface area contributed by atoms with E-state index < -0.39 is 5.82 Å². The molecule has 1 aromatic heterocycles. The summed E-state index contributed by atoms with van der Waals surface area (Å²) in [6.07, 6.45) is 3.03. The van der Waals surface area contributed by atoms with Gasteiger partial charge in [-0.2, -0.15) is 0 Å². The predicted molar refractivity (Wildman–Crippen MR) is 75.8 cm³/mol. The molecule has 0 aliphatic heterocycles. The van der Waals surface area contributed by atoms with Crippen molar-refractivity contribution in [3.8, 4) is 11.8 Å². The van der Waals surface area contributed by atoms with Gasteiger partial charge in [-0.3, -0.25) is 9.78 Å². The van der Waals surface area contributed by atoms with Gasteiger partial charge in [0.2, 0.25) is 0 Å². The molecule has 0 spiro atoms. The maximum Gasteiger partial charge on any atom is 0.251 e. The van der Waals surface area contributed by atoms with Crippen LogP contribution in [-0.4, -0.2) is 22.6 Å². The molecule has 1 amide bonds. The van der Waals surface area contributed by atoms with Crippen molar-refractivity contribution >= 4 is 5.91 Å². The highest BCUT2D eigenvalue weighted by molar-refractivity contribution is 5.93. The smallest absolute Gasteiger partial charge is 0.251 e. The molecule has 0 aliphatic carbocycles. The van der Waals surface area contributed by atoms with Gasteiger partial charge < -0.3 is 10.4 Å². The number of nitrogens with one attached hydrogen (secondary N) is 1. The number of amides is 1. The normalized spacial score (nSPS) is 9.62. The molecule has 4 nitrogen and oxygen atoms in total. The van der Waals surface area contributed by atoms with Crippen molar-refractivity contribution < 1.29 is 14.3 Å². The second kappa shape index (κ2) is 7.17. The highest BCUT2D eigenvalue weighted by Gasteiger charge is 2.07. The summed E-state index contributed by atoms with van der Waals surface area (Å²) in [5.41, 5.74) is 1.38. The average molecular weight is 284 g/mol. The highest BCUT2D eigenvalue weighted by Crippen LogP contribution is 2.10. The number of carbonyl (C=O) groups is 1. The molecular weight excluding hydrogens is 271 g/mol. The van der Waals surface area contributed by atoms with E-state index in [0.717, 1.165) is 0 Å². The lowest BCUT2D eigenvalue weighted by atomic mass is 10.1. The fourth-order valence-electron chi connectivity index (χ4n) is 1.71. The zero-order valence-corrected chi connectivity index (χ0v) is 11.1. The molecule has 0 saturated carbocycles. The first-order valence-electron chi connectivity index (χ1n) is 6.27. The molecule has 0 fully saturated rings. The van der Waals surface area contributed by atoms with Crippen LogP contribution >= 0.6 is 0 Å². The van der Waals surface area contributed by atoms with Gasteiger partial charge in [-0.1, -0.05) is 11.8 Å². The van der Waals surface area contributed by atoms with Gasteiger partial charge in [-0.15, -0.1) is 0 Å². The molecule has 0 saturated heterocycles. The Balaban J connectivity index is 2.07. The number of aliphatic hydroxyl groups excluding tert-OH is 1. The van der Waals surface area contributed by atoms with Crippen LogP contribution in [0.4, 0.5) is 4.39 Å². The summed E-state index contributed by atoms with van der Waals surface area (Å²) in [5.74, 6) is 4.47. The van der Waals surface area contributed by atoms with Crippen LogP contribution in [0.15, 0.2) is 42.7 Å². The topological polar surface area (TPSA) is 62.2 Å². The van der Waals surface area contributed by atoms with Gasteiger partial charge in [0.1, 0.15) is 12.4 Å². The van der Waals surface area contributed by atoms with Crippen molar-refractivity contribution in [1.82, 2.24) is 10.3 Å². The molecule has 1 heterocycles. The third kappa shape index (κ3) is 4.13. The Morgan fingerprint density at radius 3 is 2.76 bits per heavy atom.